The highest BCUT2D eigenvalue weighted by atomic mass is 31.0. The van der Waals surface area contributed by atoms with Gasteiger partial charge in [0.15, 0.2) is 0 Å². The van der Waals surface area contributed by atoms with Crippen molar-refractivity contribution in [2.24, 2.45) is 11.8 Å². The molecule has 0 bridgehead atoms. The lowest BCUT2D eigenvalue weighted by molar-refractivity contribution is -0.134. The number of piperidine rings is 1. The minimum absolute atomic E-state index is 0.152. The molecule has 29 heavy (non-hydrogen) atoms. The molecule has 2 saturated heterocycles. The van der Waals surface area contributed by atoms with Crippen LogP contribution in [0.5, 0.6) is 5.88 Å². The monoisotopic (exact) mass is 415 g/mol. The Balaban J connectivity index is 1.27. The highest BCUT2D eigenvalue weighted by Gasteiger charge is 2.30. The summed E-state index contributed by atoms with van der Waals surface area (Å²) >= 11 is 0. The standard InChI is InChI=1S/C23H34N3O2P/c1-25-11-8-17(9-12-25)16-28-22-7-6-20(14-24-22)18-2-4-19(5-3-18)23(27)26-13-10-21(29)15-26/h2,6-7,14,17,19,21H,3-5,8-13,15-16,29H2,1H3. The van der Waals surface area contributed by atoms with Gasteiger partial charge in [-0.3, -0.25) is 4.79 Å². The van der Waals surface area contributed by atoms with Gasteiger partial charge >= 0.3 is 0 Å². The lowest BCUT2D eigenvalue weighted by Crippen LogP contribution is -2.35. The third-order valence-electron chi connectivity index (χ3n) is 6.71. The summed E-state index contributed by atoms with van der Waals surface area (Å²) in [4.78, 5) is 21.7. The van der Waals surface area contributed by atoms with Crippen molar-refractivity contribution in [3.8, 4) is 5.88 Å². The van der Waals surface area contributed by atoms with Crippen LogP contribution in [0.15, 0.2) is 24.4 Å². The second-order valence-electron chi connectivity index (χ2n) is 8.98. The zero-order chi connectivity index (χ0) is 20.2. The number of aromatic nitrogens is 1. The lowest BCUT2D eigenvalue weighted by atomic mass is 9.86. The summed E-state index contributed by atoms with van der Waals surface area (Å²) in [5.41, 5.74) is 3.04. The average Bonchev–Trinajstić information content (AvgIpc) is 3.20. The van der Waals surface area contributed by atoms with Gasteiger partial charge in [-0.25, -0.2) is 4.98 Å². The van der Waals surface area contributed by atoms with E-state index in [0.717, 1.165) is 69.9 Å². The van der Waals surface area contributed by atoms with E-state index in [1.807, 2.05) is 12.3 Å². The molecule has 1 aliphatic carbocycles. The fourth-order valence-electron chi connectivity index (χ4n) is 4.65. The van der Waals surface area contributed by atoms with Crippen LogP contribution in [0.1, 0.15) is 44.1 Å². The maximum absolute atomic E-state index is 12.7. The minimum atomic E-state index is 0.152. The molecule has 2 aliphatic heterocycles. The number of allylic oxidation sites excluding steroid dienone is 2. The molecule has 1 aromatic rings. The van der Waals surface area contributed by atoms with Crippen molar-refractivity contribution in [2.75, 3.05) is 39.8 Å². The number of carbonyl (C=O) groups excluding carboxylic acids is 1. The van der Waals surface area contributed by atoms with Crippen molar-refractivity contribution in [3.63, 3.8) is 0 Å². The molecule has 4 rings (SSSR count). The van der Waals surface area contributed by atoms with Gasteiger partial charge in [-0.15, -0.1) is 9.24 Å². The number of amides is 1. The number of likely N-dealkylation sites (tertiary alicyclic amines) is 2. The summed E-state index contributed by atoms with van der Waals surface area (Å²) in [6.45, 7) is 4.91. The summed E-state index contributed by atoms with van der Waals surface area (Å²) in [5, 5.41) is 0. The Kier molecular flexibility index (Phi) is 6.87. The number of pyridine rings is 1. The van der Waals surface area contributed by atoms with Crippen LogP contribution >= 0.6 is 9.24 Å². The van der Waals surface area contributed by atoms with Crippen LogP contribution in [0.25, 0.3) is 5.57 Å². The van der Waals surface area contributed by atoms with Crippen LogP contribution in [0.4, 0.5) is 0 Å². The Labute approximate surface area is 177 Å². The van der Waals surface area contributed by atoms with Gasteiger partial charge in [0.2, 0.25) is 11.8 Å². The number of nitrogens with zero attached hydrogens (tertiary/aromatic N) is 3. The first-order valence-electron chi connectivity index (χ1n) is 11.1. The molecule has 0 N–H and O–H groups in total. The van der Waals surface area contributed by atoms with E-state index in [1.54, 1.807) is 0 Å². The molecule has 0 saturated carbocycles. The molecule has 3 heterocycles. The van der Waals surface area contributed by atoms with E-state index in [-0.39, 0.29) is 5.92 Å². The third-order valence-corrected chi connectivity index (χ3v) is 7.25. The van der Waals surface area contributed by atoms with Gasteiger partial charge in [-0.1, -0.05) is 6.08 Å². The Morgan fingerprint density at radius 1 is 1.21 bits per heavy atom. The summed E-state index contributed by atoms with van der Waals surface area (Å²) in [6, 6.07) is 4.11. The first-order valence-corrected chi connectivity index (χ1v) is 11.8. The average molecular weight is 416 g/mol. The van der Waals surface area contributed by atoms with Gasteiger partial charge in [-0.05, 0) is 87.4 Å². The van der Waals surface area contributed by atoms with E-state index in [4.69, 9.17) is 4.74 Å². The summed E-state index contributed by atoms with van der Waals surface area (Å²) < 4.78 is 5.94. The van der Waals surface area contributed by atoms with E-state index < -0.39 is 0 Å². The van der Waals surface area contributed by atoms with Crippen molar-refractivity contribution in [1.29, 1.82) is 0 Å². The molecule has 158 valence electrons. The van der Waals surface area contributed by atoms with Crippen molar-refractivity contribution in [2.45, 2.75) is 44.2 Å². The van der Waals surface area contributed by atoms with Gasteiger partial charge in [0, 0.05) is 31.3 Å². The lowest BCUT2D eigenvalue weighted by Gasteiger charge is -2.28. The molecule has 0 aromatic carbocycles. The molecule has 1 aromatic heterocycles. The molecule has 1 amide bonds. The molecule has 2 fully saturated rings. The van der Waals surface area contributed by atoms with Crippen LogP contribution in [-0.2, 0) is 4.79 Å². The first-order chi connectivity index (χ1) is 14.1. The third kappa shape index (κ3) is 5.38. The normalized spacial score (nSPS) is 26.4. The van der Waals surface area contributed by atoms with Crippen LogP contribution in [0.3, 0.4) is 0 Å². The van der Waals surface area contributed by atoms with Gasteiger partial charge in [0.25, 0.3) is 0 Å². The number of rotatable bonds is 5. The van der Waals surface area contributed by atoms with Gasteiger partial charge in [-0.2, -0.15) is 0 Å². The maximum atomic E-state index is 12.7. The number of ether oxygens (including phenoxy) is 1. The number of hydrogen-bond donors (Lipinski definition) is 0. The Hall–Kier alpha value is -1.45. The largest absolute Gasteiger partial charge is 0.477 e. The predicted octanol–water partition coefficient (Wildman–Crippen LogP) is 3.46. The molecule has 0 spiro atoms. The first kappa shape index (κ1) is 20.8. The molecule has 3 unspecified atom stereocenters. The molecule has 0 radical (unpaired) electrons. The Morgan fingerprint density at radius 2 is 2.03 bits per heavy atom. The van der Waals surface area contributed by atoms with E-state index in [1.165, 1.54) is 18.4 Å². The van der Waals surface area contributed by atoms with Crippen molar-refractivity contribution in [1.82, 2.24) is 14.8 Å². The maximum Gasteiger partial charge on any atom is 0.226 e. The minimum Gasteiger partial charge on any atom is -0.477 e. The second-order valence-corrected chi connectivity index (χ2v) is 9.92. The summed E-state index contributed by atoms with van der Waals surface area (Å²) in [5.74, 6) is 1.86. The van der Waals surface area contributed by atoms with Gasteiger partial charge in [0.05, 0.1) is 6.61 Å². The van der Waals surface area contributed by atoms with E-state index >= 15 is 0 Å². The van der Waals surface area contributed by atoms with Crippen LogP contribution < -0.4 is 4.74 Å². The fourth-order valence-corrected chi connectivity index (χ4v) is 5.06. The fraction of sp³-hybridized carbons (Fsp3) is 0.652. The van der Waals surface area contributed by atoms with E-state index in [9.17, 15) is 4.79 Å². The highest BCUT2D eigenvalue weighted by Crippen LogP contribution is 2.32. The van der Waals surface area contributed by atoms with E-state index in [0.29, 0.717) is 17.5 Å². The van der Waals surface area contributed by atoms with Gasteiger partial charge < -0.3 is 14.5 Å². The molecular weight excluding hydrogens is 381 g/mol. The predicted molar refractivity (Wildman–Crippen MR) is 120 cm³/mol. The number of carbonyl (C=O) groups is 1. The Bertz CT molecular complexity index is 728. The van der Waals surface area contributed by atoms with Crippen molar-refractivity contribution < 1.29 is 9.53 Å². The SMILES string of the molecule is CN1CCC(COc2ccc(C3=CCC(C(=O)N4CCC(P)C4)CC3)cn2)CC1. The molecule has 5 nitrogen and oxygen atoms in total. The topological polar surface area (TPSA) is 45.7 Å². The molecular formula is C23H34N3O2P. The van der Waals surface area contributed by atoms with Crippen molar-refractivity contribution in [3.05, 3.63) is 30.0 Å². The number of hydrogen-bond acceptors (Lipinski definition) is 4. The Morgan fingerprint density at radius 3 is 2.66 bits per heavy atom. The molecule has 3 atom stereocenters. The quantitative estimate of drug-likeness (QED) is 0.691. The zero-order valence-electron chi connectivity index (χ0n) is 17.6. The highest BCUT2D eigenvalue weighted by molar-refractivity contribution is 7.17. The van der Waals surface area contributed by atoms with Crippen molar-refractivity contribution >= 4 is 20.7 Å². The van der Waals surface area contributed by atoms with Crippen LogP contribution in [0.2, 0.25) is 0 Å². The smallest absolute Gasteiger partial charge is 0.226 e. The summed E-state index contributed by atoms with van der Waals surface area (Å²) in [7, 11) is 5.04. The zero-order valence-corrected chi connectivity index (χ0v) is 18.7. The van der Waals surface area contributed by atoms with Gasteiger partial charge in [0.1, 0.15) is 0 Å². The summed E-state index contributed by atoms with van der Waals surface area (Å²) in [6.07, 6.45) is 10.4. The second kappa shape index (κ2) is 9.57. The van der Waals surface area contributed by atoms with Crippen LogP contribution in [0, 0.1) is 11.8 Å². The molecule has 6 heteroatoms. The molecule has 3 aliphatic rings. The van der Waals surface area contributed by atoms with Crippen LogP contribution in [-0.4, -0.2) is 66.2 Å². The van der Waals surface area contributed by atoms with E-state index in [2.05, 4.69) is 43.2 Å².